The number of benzene rings is 2. The molecule has 0 atom stereocenters. The molecule has 0 N–H and O–H groups in total. The minimum Gasteiger partial charge on any atom is -0.247 e. The zero-order valence-electron chi connectivity index (χ0n) is 21.3. The van der Waals surface area contributed by atoms with Crippen molar-refractivity contribution in [3.8, 4) is 0 Å². The third-order valence-corrected chi connectivity index (χ3v) is 8.07. The molecule has 0 radical (unpaired) electrons. The summed E-state index contributed by atoms with van der Waals surface area (Å²) >= 11 is 3.75. The number of thioether (sulfide) groups is 2. The van der Waals surface area contributed by atoms with E-state index in [0.717, 1.165) is 24.2 Å². The highest BCUT2D eigenvalue weighted by Crippen LogP contribution is 2.24. The molecule has 0 spiro atoms. The lowest BCUT2D eigenvalue weighted by Gasteiger charge is -2.17. The Morgan fingerprint density at radius 3 is 1.50 bits per heavy atom. The molecule has 2 nitrogen and oxygen atoms in total. The number of hydrogen-bond acceptors (Lipinski definition) is 4. The average molecular weight is 487 g/mol. The molecular weight excluding hydrogens is 445 g/mol. The maximum Gasteiger partial charge on any atom is 0.0738 e. The maximum atomic E-state index is 4.80. The van der Waals surface area contributed by atoms with E-state index in [9.17, 15) is 0 Å². The SMILES string of the molecule is CC(C)SC(CC[Si](C)(C)C)=Nc1ccccc1.CCC(=Nc1ccccc1)SC(C)C. The van der Waals surface area contributed by atoms with Crippen LogP contribution in [0.1, 0.15) is 47.5 Å². The highest BCUT2D eigenvalue weighted by molar-refractivity contribution is 8.14. The van der Waals surface area contributed by atoms with E-state index < -0.39 is 8.07 Å². The molecule has 0 saturated carbocycles. The van der Waals surface area contributed by atoms with Crippen molar-refractivity contribution in [2.45, 2.75) is 83.6 Å². The van der Waals surface area contributed by atoms with Gasteiger partial charge in [-0.2, -0.15) is 0 Å². The first-order chi connectivity index (χ1) is 15.1. The summed E-state index contributed by atoms with van der Waals surface area (Å²) in [7, 11) is -0.982. The van der Waals surface area contributed by atoms with Gasteiger partial charge in [-0.1, -0.05) is 96.7 Å². The quantitative estimate of drug-likeness (QED) is 0.211. The summed E-state index contributed by atoms with van der Waals surface area (Å²) in [6.07, 6.45) is 2.14. The molecule has 0 bridgehead atoms. The minimum atomic E-state index is -0.982. The number of aliphatic imine (C=N–C) groups is 2. The van der Waals surface area contributed by atoms with E-state index >= 15 is 0 Å². The summed E-state index contributed by atoms with van der Waals surface area (Å²) in [6.45, 7) is 18.3. The summed E-state index contributed by atoms with van der Waals surface area (Å²) in [5.41, 5.74) is 2.13. The second kappa shape index (κ2) is 15.5. The lowest BCUT2D eigenvalue weighted by Crippen LogP contribution is -2.20. The number of para-hydroxylation sites is 2. The monoisotopic (exact) mass is 486 g/mol. The third kappa shape index (κ3) is 14.7. The van der Waals surface area contributed by atoms with Crippen LogP contribution in [-0.2, 0) is 0 Å². The second-order valence-corrected chi connectivity index (χ2v) is 18.4. The number of nitrogens with zero attached hydrogens (tertiary/aromatic N) is 2. The molecule has 176 valence electrons. The van der Waals surface area contributed by atoms with E-state index in [1.165, 1.54) is 16.1 Å². The van der Waals surface area contributed by atoms with Crippen molar-refractivity contribution in [1.29, 1.82) is 0 Å². The lowest BCUT2D eigenvalue weighted by atomic mass is 10.3. The Hall–Kier alpha value is -1.30. The van der Waals surface area contributed by atoms with Crippen molar-refractivity contribution in [3.63, 3.8) is 0 Å². The predicted octanol–water partition coefficient (Wildman–Crippen LogP) is 9.85. The highest BCUT2D eigenvalue weighted by Gasteiger charge is 2.15. The first kappa shape index (κ1) is 28.7. The fraction of sp³-hybridized carbons (Fsp3) is 0.481. The molecule has 2 rings (SSSR count). The van der Waals surface area contributed by atoms with Gasteiger partial charge < -0.3 is 0 Å². The molecule has 0 aliphatic heterocycles. The Labute approximate surface area is 206 Å². The summed E-state index contributed by atoms with van der Waals surface area (Å²) in [6, 6.07) is 21.7. The van der Waals surface area contributed by atoms with Gasteiger partial charge in [-0.15, -0.1) is 23.5 Å². The van der Waals surface area contributed by atoms with Crippen LogP contribution < -0.4 is 0 Å². The predicted molar refractivity (Wildman–Crippen MR) is 156 cm³/mol. The van der Waals surface area contributed by atoms with Crippen LogP contribution in [0.5, 0.6) is 0 Å². The Morgan fingerprint density at radius 2 is 1.12 bits per heavy atom. The van der Waals surface area contributed by atoms with E-state index in [0.29, 0.717) is 10.5 Å². The molecule has 2 aromatic rings. The standard InChI is InChI=1S/C15H25NSSi.C12H17NS/c1-13(2)17-15(11-12-18(3,4)5)16-14-9-7-6-8-10-14;1-4-12(14-10(2)3)13-11-8-6-5-7-9-11/h6-10,13H,11-12H2,1-5H3;5-10H,4H2,1-3H3. The largest absolute Gasteiger partial charge is 0.247 e. The van der Waals surface area contributed by atoms with E-state index in [4.69, 9.17) is 4.99 Å². The van der Waals surface area contributed by atoms with E-state index in [1.807, 2.05) is 59.9 Å². The van der Waals surface area contributed by atoms with Gasteiger partial charge in [0, 0.05) is 18.6 Å². The van der Waals surface area contributed by atoms with Gasteiger partial charge in [0.2, 0.25) is 0 Å². The smallest absolute Gasteiger partial charge is 0.0738 e. The van der Waals surface area contributed by atoms with Crippen LogP contribution >= 0.6 is 23.5 Å². The van der Waals surface area contributed by atoms with Gasteiger partial charge in [0.05, 0.1) is 21.5 Å². The molecule has 2 aromatic carbocycles. The first-order valence-corrected chi connectivity index (χ1v) is 17.1. The lowest BCUT2D eigenvalue weighted by molar-refractivity contribution is 1.12. The summed E-state index contributed by atoms with van der Waals surface area (Å²) in [5, 5.41) is 3.72. The molecule has 5 heteroatoms. The van der Waals surface area contributed by atoms with Crippen LogP contribution in [0, 0.1) is 0 Å². The van der Waals surface area contributed by atoms with Crippen LogP contribution in [0.15, 0.2) is 70.6 Å². The van der Waals surface area contributed by atoms with Crippen molar-refractivity contribution in [3.05, 3.63) is 60.7 Å². The molecule has 0 unspecified atom stereocenters. The third-order valence-electron chi connectivity index (χ3n) is 4.15. The molecular formula is C27H42N2S2Si. The zero-order valence-corrected chi connectivity index (χ0v) is 23.9. The molecule has 0 saturated heterocycles. The fourth-order valence-corrected chi connectivity index (χ4v) is 5.61. The molecule has 0 heterocycles. The van der Waals surface area contributed by atoms with Crippen molar-refractivity contribution < 1.29 is 0 Å². The van der Waals surface area contributed by atoms with Crippen LogP contribution in [-0.4, -0.2) is 28.7 Å². The van der Waals surface area contributed by atoms with E-state index in [2.05, 4.69) is 83.5 Å². The Morgan fingerprint density at radius 1 is 0.719 bits per heavy atom. The summed E-state index contributed by atoms with van der Waals surface area (Å²) in [4.78, 5) is 9.40. The van der Waals surface area contributed by atoms with Crippen LogP contribution in [0.3, 0.4) is 0 Å². The molecule has 0 aromatic heterocycles. The van der Waals surface area contributed by atoms with Crippen LogP contribution in [0.2, 0.25) is 25.7 Å². The Bertz CT molecular complexity index is 811. The second-order valence-electron chi connectivity index (χ2n) is 9.43. The van der Waals surface area contributed by atoms with Crippen molar-refractivity contribution in [2.75, 3.05) is 0 Å². The first-order valence-electron chi connectivity index (χ1n) is 11.7. The molecule has 0 fully saturated rings. The van der Waals surface area contributed by atoms with E-state index in [1.54, 1.807) is 0 Å². The van der Waals surface area contributed by atoms with Crippen molar-refractivity contribution in [2.24, 2.45) is 9.98 Å². The maximum absolute atomic E-state index is 4.80. The van der Waals surface area contributed by atoms with Crippen molar-refractivity contribution >= 4 is 53.1 Å². The summed E-state index contributed by atoms with van der Waals surface area (Å²) < 4.78 is 0. The topological polar surface area (TPSA) is 24.7 Å². The Balaban J connectivity index is 0.000000330. The van der Waals surface area contributed by atoms with Gasteiger partial charge in [0.15, 0.2) is 0 Å². The molecule has 0 aliphatic rings. The van der Waals surface area contributed by atoms with Crippen LogP contribution in [0.4, 0.5) is 11.4 Å². The fourth-order valence-electron chi connectivity index (χ4n) is 2.65. The normalized spacial score (nSPS) is 12.7. The minimum absolute atomic E-state index is 0.606. The van der Waals surface area contributed by atoms with Gasteiger partial charge in [0.1, 0.15) is 0 Å². The van der Waals surface area contributed by atoms with Gasteiger partial charge in [-0.05, 0) is 37.1 Å². The average Bonchev–Trinajstić information content (AvgIpc) is 2.72. The van der Waals surface area contributed by atoms with Crippen LogP contribution in [0.25, 0.3) is 0 Å². The number of rotatable bonds is 8. The molecule has 32 heavy (non-hydrogen) atoms. The van der Waals surface area contributed by atoms with Gasteiger partial charge in [-0.25, -0.2) is 9.98 Å². The van der Waals surface area contributed by atoms with Gasteiger partial charge >= 0.3 is 0 Å². The molecule has 0 amide bonds. The zero-order chi connectivity index (χ0) is 24.0. The van der Waals surface area contributed by atoms with E-state index in [-0.39, 0.29) is 0 Å². The van der Waals surface area contributed by atoms with Crippen molar-refractivity contribution in [1.82, 2.24) is 0 Å². The van der Waals surface area contributed by atoms with Gasteiger partial charge in [0.25, 0.3) is 0 Å². The molecule has 0 aliphatic carbocycles. The Kier molecular flexibility index (Phi) is 13.9. The summed E-state index contributed by atoms with van der Waals surface area (Å²) in [5.74, 6) is 0. The van der Waals surface area contributed by atoms with Gasteiger partial charge in [-0.3, -0.25) is 0 Å². The highest BCUT2D eigenvalue weighted by atomic mass is 32.2. The number of hydrogen-bond donors (Lipinski definition) is 0.